The summed E-state index contributed by atoms with van der Waals surface area (Å²) in [5.74, 6) is -0.0512. The van der Waals surface area contributed by atoms with Crippen LogP contribution in [0.2, 0.25) is 0 Å². The normalized spacial score (nSPS) is 28.1. The number of carbonyl (C=O) groups is 1. The van der Waals surface area contributed by atoms with Crippen LogP contribution in [0.15, 0.2) is 24.3 Å². The minimum atomic E-state index is -3.11. The van der Waals surface area contributed by atoms with E-state index in [1.54, 1.807) is 0 Å². The van der Waals surface area contributed by atoms with Crippen molar-refractivity contribution >= 4 is 15.7 Å². The van der Waals surface area contributed by atoms with Crippen LogP contribution in [-0.2, 0) is 9.84 Å². The summed E-state index contributed by atoms with van der Waals surface area (Å²) in [6.45, 7) is 6.46. The fourth-order valence-corrected chi connectivity index (χ4v) is 6.09. The van der Waals surface area contributed by atoms with Gasteiger partial charge in [0.15, 0.2) is 9.84 Å². The van der Waals surface area contributed by atoms with Crippen LogP contribution in [0.5, 0.6) is 0 Å². The molecule has 0 aliphatic carbocycles. The molecule has 1 aromatic carbocycles. The van der Waals surface area contributed by atoms with Crippen LogP contribution in [0.1, 0.15) is 37.0 Å². The van der Waals surface area contributed by atoms with Crippen molar-refractivity contribution in [2.24, 2.45) is 11.8 Å². The van der Waals surface area contributed by atoms with Gasteiger partial charge in [0, 0.05) is 30.6 Å². The Bertz CT molecular complexity index is 749. The molecule has 3 rings (SSSR count). The van der Waals surface area contributed by atoms with Gasteiger partial charge in [-0.05, 0) is 49.6 Å². The van der Waals surface area contributed by atoms with Crippen LogP contribution in [0.4, 0.5) is 4.39 Å². The Labute approximate surface area is 154 Å². The number of carbonyl (C=O) groups excluding carboxylic acids is 1. The van der Waals surface area contributed by atoms with Crippen molar-refractivity contribution in [1.82, 2.24) is 10.2 Å². The summed E-state index contributed by atoms with van der Waals surface area (Å²) < 4.78 is 38.0. The largest absolute Gasteiger partial charge is 0.349 e. The number of rotatable bonds is 5. The summed E-state index contributed by atoms with van der Waals surface area (Å²) in [6.07, 6.45) is 1.47. The third kappa shape index (κ3) is 4.26. The molecule has 144 valence electrons. The lowest BCUT2D eigenvalue weighted by atomic mass is 9.95. The van der Waals surface area contributed by atoms with Crippen molar-refractivity contribution in [2.75, 3.05) is 25.4 Å². The second-order valence-corrected chi connectivity index (χ2v) is 10.2. The van der Waals surface area contributed by atoms with Crippen molar-refractivity contribution in [3.8, 4) is 0 Å². The fraction of sp³-hybridized carbons (Fsp3) is 0.632. The lowest BCUT2D eigenvalue weighted by Crippen LogP contribution is -2.51. The number of nitrogens with zero attached hydrogens (tertiary/aromatic N) is 1. The molecule has 0 aromatic heterocycles. The fourth-order valence-electron chi connectivity index (χ4n) is 3.96. The molecule has 1 aromatic rings. The average molecular weight is 383 g/mol. The van der Waals surface area contributed by atoms with Gasteiger partial charge in [0.1, 0.15) is 5.82 Å². The van der Waals surface area contributed by atoms with E-state index in [2.05, 4.69) is 24.1 Å². The molecule has 2 heterocycles. The minimum absolute atomic E-state index is 0.0784. The van der Waals surface area contributed by atoms with Gasteiger partial charge >= 0.3 is 0 Å². The first-order valence-electron chi connectivity index (χ1n) is 9.26. The Morgan fingerprint density at radius 2 is 1.96 bits per heavy atom. The van der Waals surface area contributed by atoms with Gasteiger partial charge in [0.25, 0.3) is 5.91 Å². The van der Waals surface area contributed by atoms with Gasteiger partial charge in [-0.1, -0.05) is 13.8 Å². The zero-order valence-electron chi connectivity index (χ0n) is 15.3. The van der Waals surface area contributed by atoms with Crippen LogP contribution in [-0.4, -0.2) is 55.9 Å². The molecule has 7 heteroatoms. The number of halogens is 1. The molecule has 5 nitrogen and oxygen atoms in total. The average Bonchev–Trinajstić information content (AvgIpc) is 3.02. The van der Waals surface area contributed by atoms with Crippen molar-refractivity contribution in [3.05, 3.63) is 35.6 Å². The Hall–Kier alpha value is -1.47. The topological polar surface area (TPSA) is 66.5 Å². The number of benzene rings is 1. The molecule has 3 atom stereocenters. The highest BCUT2D eigenvalue weighted by Gasteiger charge is 2.48. The molecule has 26 heavy (non-hydrogen) atoms. The molecule has 2 aliphatic heterocycles. The van der Waals surface area contributed by atoms with E-state index in [1.807, 2.05) is 0 Å². The first-order chi connectivity index (χ1) is 12.3. The van der Waals surface area contributed by atoms with Crippen LogP contribution in [0.25, 0.3) is 0 Å². The van der Waals surface area contributed by atoms with E-state index in [1.165, 1.54) is 24.3 Å². The summed E-state index contributed by atoms with van der Waals surface area (Å²) >= 11 is 0. The van der Waals surface area contributed by atoms with Gasteiger partial charge in [0.05, 0.1) is 11.0 Å². The second-order valence-electron chi connectivity index (χ2n) is 7.89. The van der Waals surface area contributed by atoms with Gasteiger partial charge in [-0.25, -0.2) is 12.8 Å². The summed E-state index contributed by atoms with van der Waals surface area (Å²) in [5.41, 5.74) is 0.394. The van der Waals surface area contributed by atoms with Crippen LogP contribution >= 0.6 is 0 Å². The lowest BCUT2D eigenvalue weighted by molar-refractivity contribution is 0.0919. The molecule has 0 unspecified atom stereocenters. The standard InChI is InChI=1S/C19H27FN2O3S/c1-13(2)7-9-22-11-16-17(8-10-26(24,25)18(16)12-22)21-19(23)14-3-5-15(20)6-4-14/h3-6,13,16-18H,7-12H2,1-2H3,(H,21,23)/t16-,17+,18+/m1/s1. The van der Waals surface area contributed by atoms with Crippen molar-refractivity contribution < 1.29 is 17.6 Å². The number of sulfone groups is 1. The summed E-state index contributed by atoms with van der Waals surface area (Å²) in [7, 11) is -3.11. The van der Waals surface area contributed by atoms with Gasteiger partial charge in [0.2, 0.25) is 0 Å². The Kier molecular flexibility index (Phi) is 5.67. The molecule has 0 spiro atoms. The molecule has 0 saturated carbocycles. The third-order valence-corrected chi connectivity index (χ3v) is 7.75. The molecule has 0 radical (unpaired) electrons. The van der Waals surface area contributed by atoms with Gasteiger partial charge < -0.3 is 10.2 Å². The molecule has 0 bridgehead atoms. The Morgan fingerprint density at radius 3 is 2.62 bits per heavy atom. The molecule has 1 amide bonds. The van der Waals surface area contributed by atoms with E-state index < -0.39 is 15.1 Å². The SMILES string of the molecule is CC(C)CCN1C[C@@H]2[C@@H](NC(=O)c3ccc(F)cc3)CCS(=O)(=O)[C@H]2C1. The highest BCUT2D eigenvalue weighted by molar-refractivity contribution is 7.92. The van der Waals surface area contributed by atoms with Crippen molar-refractivity contribution in [3.63, 3.8) is 0 Å². The summed E-state index contributed by atoms with van der Waals surface area (Å²) in [4.78, 5) is 14.7. The maximum Gasteiger partial charge on any atom is 0.251 e. The number of hydrogen-bond acceptors (Lipinski definition) is 4. The number of amides is 1. The maximum absolute atomic E-state index is 13.0. The van der Waals surface area contributed by atoms with E-state index >= 15 is 0 Å². The maximum atomic E-state index is 13.0. The minimum Gasteiger partial charge on any atom is -0.349 e. The Balaban J connectivity index is 1.70. The lowest BCUT2D eigenvalue weighted by Gasteiger charge is -2.33. The number of likely N-dealkylation sites (tertiary alicyclic amines) is 1. The highest BCUT2D eigenvalue weighted by Crippen LogP contribution is 2.33. The monoisotopic (exact) mass is 382 g/mol. The highest BCUT2D eigenvalue weighted by atomic mass is 32.2. The summed E-state index contributed by atoms with van der Waals surface area (Å²) in [5, 5.41) is 2.60. The van der Waals surface area contributed by atoms with E-state index in [0.717, 1.165) is 13.0 Å². The number of hydrogen-bond donors (Lipinski definition) is 1. The van der Waals surface area contributed by atoms with Gasteiger partial charge in [-0.2, -0.15) is 0 Å². The molecule has 2 fully saturated rings. The third-order valence-electron chi connectivity index (χ3n) is 5.52. The zero-order chi connectivity index (χ0) is 18.9. The van der Waals surface area contributed by atoms with Crippen molar-refractivity contribution in [2.45, 2.75) is 38.0 Å². The molecular formula is C19H27FN2O3S. The predicted molar refractivity (Wildman–Crippen MR) is 99.2 cm³/mol. The second kappa shape index (κ2) is 7.64. The quantitative estimate of drug-likeness (QED) is 0.847. The van der Waals surface area contributed by atoms with Crippen LogP contribution < -0.4 is 5.32 Å². The zero-order valence-corrected chi connectivity index (χ0v) is 16.1. The number of fused-ring (bicyclic) bond motifs is 1. The van der Waals surface area contributed by atoms with E-state index in [4.69, 9.17) is 0 Å². The van der Waals surface area contributed by atoms with Crippen LogP contribution in [0.3, 0.4) is 0 Å². The van der Waals surface area contributed by atoms with Crippen LogP contribution in [0, 0.1) is 17.7 Å². The Morgan fingerprint density at radius 1 is 1.27 bits per heavy atom. The smallest absolute Gasteiger partial charge is 0.251 e. The van der Waals surface area contributed by atoms with Gasteiger partial charge in [-0.3, -0.25) is 4.79 Å². The molecule has 1 N–H and O–H groups in total. The number of nitrogens with one attached hydrogen (secondary N) is 1. The molecule has 2 saturated heterocycles. The van der Waals surface area contributed by atoms with Crippen molar-refractivity contribution in [1.29, 1.82) is 0 Å². The van der Waals surface area contributed by atoms with Gasteiger partial charge in [-0.15, -0.1) is 0 Å². The molecular weight excluding hydrogens is 355 g/mol. The first-order valence-corrected chi connectivity index (χ1v) is 11.0. The first kappa shape index (κ1) is 19.3. The molecule has 2 aliphatic rings. The summed E-state index contributed by atoms with van der Waals surface area (Å²) in [6, 6.07) is 5.25. The van der Waals surface area contributed by atoms with E-state index in [-0.39, 0.29) is 29.4 Å². The van der Waals surface area contributed by atoms with E-state index in [9.17, 15) is 17.6 Å². The predicted octanol–water partition coefficient (Wildman–Crippen LogP) is 2.09. The van der Waals surface area contributed by atoms with E-state index in [0.29, 0.717) is 31.0 Å².